The second-order valence-electron chi connectivity index (χ2n) is 8.26. The van der Waals surface area contributed by atoms with Crippen LogP contribution < -0.4 is 14.2 Å². The number of nitrogens with zero attached hydrogens (tertiary/aromatic N) is 1. The minimum Gasteiger partial charge on any atom is -0.489 e. The van der Waals surface area contributed by atoms with Gasteiger partial charge in [-0.1, -0.05) is 34.1 Å². The molecule has 4 aromatic rings. The molecule has 0 amide bonds. The number of fused-ring (bicyclic) bond motifs is 3. The molecule has 0 radical (unpaired) electrons. The number of aryl methyl sites for hydroxylation is 1. The molecular formula is C27H20BrNO5. The molecule has 3 aromatic carbocycles. The van der Waals surface area contributed by atoms with E-state index in [1.165, 1.54) is 0 Å². The zero-order valence-electron chi connectivity index (χ0n) is 18.3. The molecule has 6 rings (SSSR count). The molecule has 1 aromatic heterocycles. The van der Waals surface area contributed by atoms with Crippen molar-refractivity contribution in [1.82, 2.24) is 4.57 Å². The van der Waals surface area contributed by atoms with Gasteiger partial charge in [0.05, 0.1) is 12.2 Å². The Morgan fingerprint density at radius 2 is 2.03 bits per heavy atom. The van der Waals surface area contributed by atoms with Crippen molar-refractivity contribution in [3.8, 4) is 17.2 Å². The lowest BCUT2D eigenvalue weighted by Gasteiger charge is -2.21. The minimum absolute atomic E-state index is 0.135. The number of rotatable bonds is 4. The van der Waals surface area contributed by atoms with E-state index in [1.807, 2.05) is 54.2 Å². The quantitative estimate of drug-likeness (QED) is 0.310. The third kappa shape index (κ3) is 3.67. The molecule has 0 N–H and O–H groups in total. The average Bonchev–Trinajstić information content (AvgIpc) is 3.33. The van der Waals surface area contributed by atoms with Crippen molar-refractivity contribution in [3.63, 3.8) is 0 Å². The number of benzene rings is 3. The molecule has 2 aliphatic heterocycles. The van der Waals surface area contributed by atoms with Crippen molar-refractivity contribution in [3.05, 3.63) is 93.3 Å². The van der Waals surface area contributed by atoms with Gasteiger partial charge in [-0.3, -0.25) is 4.79 Å². The first-order chi connectivity index (χ1) is 16.6. The molecule has 7 heteroatoms. The summed E-state index contributed by atoms with van der Waals surface area (Å²) in [7, 11) is 1.99. The number of hydrogen-bond acceptors (Lipinski definition) is 5. The summed E-state index contributed by atoms with van der Waals surface area (Å²) in [4.78, 5) is 13.0. The van der Waals surface area contributed by atoms with Gasteiger partial charge < -0.3 is 23.5 Å². The number of ether oxygens (including phenoxy) is 4. The van der Waals surface area contributed by atoms with Gasteiger partial charge in [0.15, 0.2) is 12.6 Å². The van der Waals surface area contributed by atoms with Crippen LogP contribution in [0.15, 0.2) is 71.0 Å². The monoisotopic (exact) mass is 517 g/mol. The molecular weight excluding hydrogens is 498 g/mol. The van der Waals surface area contributed by atoms with Crippen molar-refractivity contribution in [2.45, 2.75) is 13.2 Å². The van der Waals surface area contributed by atoms with E-state index in [-0.39, 0.29) is 12.6 Å². The highest BCUT2D eigenvalue weighted by Gasteiger charge is 2.28. The summed E-state index contributed by atoms with van der Waals surface area (Å²) >= 11 is 3.53. The first-order valence-electron chi connectivity index (χ1n) is 10.8. The molecule has 0 spiro atoms. The average molecular weight is 518 g/mol. The lowest BCUT2D eigenvalue weighted by molar-refractivity contribution is -0.0176. The fourth-order valence-corrected chi connectivity index (χ4v) is 4.96. The van der Waals surface area contributed by atoms with E-state index in [4.69, 9.17) is 18.9 Å². The van der Waals surface area contributed by atoms with Crippen LogP contribution in [0.25, 0.3) is 17.0 Å². The molecule has 0 fully saturated rings. The molecule has 6 nitrogen and oxygen atoms in total. The fourth-order valence-electron chi connectivity index (χ4n) is 4.41. The molecule has 0 unspecified atom stereocenters. The summed E-state index contributed by atoms with van der Waals surface area (Å²) in [5, 5.41) is 1.07. The maximum absolute atomic E-state index is 13.0. The van der Waals surface area contributed by atoms with Gasteiger partial charge in [-0.05, 0) is 36.4 Å². The topological polar surface area (TPSA) is 58.9 Å². The number of aromatic nitrogens is 1. The van der Waals surface area contributed by atoms with Crippen LogP contribution in [0, 0.1) is 0 Å². The fraction of sp³-hybridized carbons (Fsp3) is 0.148. The van der Waals surface area contributed by atoms with Crippen LogP contribution in [-0.2, 0) is 25.0 Å². The summed E-state index contributed by atoms with van der Waals surface area (Å²) in [6, 6.07) is 17.3. The highest BCUT2D eigenvalue weighted by molar-refractivity contribution is 9.10. The maximum atomic E-state index is 13.0. The Bertz CT molecular complexity index is 1490. The van der Waals surface area contributed by atoms with E-state index in [9.17, 15) is 4.79 Å². The molecule has 0 saturated heterocycles. The van der Waals surface area contributed by atoms with Crippen LogP contribution in [0.3, 0.4) is 0 Å². The van der Waals surface area contributed by atoms with Crippen LogP contribution in [0.5, 0.6) is 17.2 Å². The van der Waals surface area contributed by atoms with E-state index >= 15 is 0 Å². The number of allylic oxidation sites excluding steroid dienone is 1. The third-order valence-electron chi connectivity index (χ3n) is 6.00. The van der Waals surface area contributed by atoms with E-state index in [2.05, 4.69) is 15.9 Å². The zero-order valence-corrected chi connectivity index (χ0v) is 19.9. The molecule has 0 aliphatic carbocycles. The van der Waals surface area contributed by atoms with Crippen molar-refractivity contribution in [1.29, 1.82) is 0 Å². The van der Waals surface area contributed by atoms with Gasteiger partial charge in [0.2, 0.25) is 5.78 Å². The molecule has 3 heterocycles. The summed E-state index contributed by atoms with van der Waals surface area (Å²) in [5.74, 6) is 2.07. The molecule has 0 saturated carbocycles. The number of carbonyl (C=O) groups is 1. The van der Waals surface area contributed by atoms with E-state index in [0.717, 1.165) is 37.8 Å². The number of Topliss-reactive ketones (excluding diaryl/α,β-unsaturated/α-hetero) is 1. The highest BCUT2D eigenvalue weighted by atomic mass is 79.9. The number of halogens is 1. The standard InChI is InChI=1S/C27H20BrNO5/c1-29-12-16(21-4-2-3-5-23(21)29)10-25-26(30)22-7-6-20(11-24(22)34-25)32-14-18-9-19(28)8-17-13-31-15-33-27(17)18/h2-12H,13-15H2,1H3/b25-10-. The predicted octanol–water partition coefficient (Wildman–Crippen LogP) is 6.00. The molecule has 0 atom stereocenters. The maximum Gasteiger partial charge on any atom is 0.231 e. The van der Waals surface area contributed by atoms with Crippen molar-refractivity contribution in [2.75, 3.05) is 6.79 Å². The summed E-state index contributed by atoms with van der Waals surface area (Å²) in [6.45, 7) is 1.04. The van der Waals surface area contributed by atoms with Gasteiger partial charge in [0, 0.05) is 51.4 Å². The van der Waals surface area contributed by atoms with Crippen molar-refractivity contribution < 1.29 is 23.7 Å². The van der Waals surface area contributed by atoms with Gasteiger partial charge in [0.25, 0.3) is 0 Å². The van der Waals surface area contributed by atoms with Crippen LogP contribution in [0.4, 0.5) is 0 Å². The van der Waals surface area contributed by atoms with Crippen LogP contribution >= 0.6 is 15.9 Å². The Hall–Kier alpha value is -3.55. The van der Waals surface area contributed by atoms with E-state index in [1.54, 1.807) is 24.3 Å². The Morgan fingerprint density at radius 1 is 1.15 bits per heavy atom. The summed E-state index contributed by atoms with van der Waals surface area (Å²) in [5.41, 5.74) is 4.46. The normalized spacial score (nSPS) is 15.7. The van der Waals surface area contributed by atoms with Crippen molar-refractivity contribution >= 4 is 38.7 Å². The predicted molar refractivity (Wildman–Crippen MR) is 131 cm³/mol. The lowest BCUT2D eigenvalue weighted by atomic mass is 10.1. The van der Waals surface area contributed by atoms with Gasteiger partial charge in [0.1, 0.15) is 23.9 Å². The van der Waals surface area contributed by atoms with Gasteiger partial charge in [-0.25, -0.2) is 0 Å². The van der Waals surface area contributed by atoms with E-state index in [0.29, 0.717) is 36.0 Å². The third-order valence-corrected chi connectivity index (χ3v) is 6.46. The van der Waals surface area contributed by atoms with Crippen molar-refractivity contribution in [2.24, 2.45) is 7.05 Å². The Kier molecular flexibility index (Phi) is 5.16. The summed E-state index contributed by atoms with van der Waals surface area (Å²) < 4.78 is 26.0. The van der Waals surface area contributed by atoms with Crippen LogP contribution in [-0.4, -0.2) is 17.1 Å². The van der Waals surface area contributed by atoms with Gasteiger partial charge in [-0.2, -0.15) is 0 Å². The molecule has 0 bridgehead atoms. The SMILES string of the molecule is Cn1cc(/C=C2\Oc3cc(OCc4cc(Br)cc5c4OCOC5)ccc3C2=O)c2ccccc21. The highest BCUT2D eigenvalue weighted by Crippen LogP contribution is 2.37. The zero-order chi connectivity index (χ0) is 23.2. The number of ketones is 1. The van der Waals surface area contributed by atoms with Gasteiger partial charge >= 0.3 is 0 Å². The Morgan fingerprint density at radius 3 is 2.94 bits per heavy atom. The number of carbonyl (C=O) groups excluding carboxylic acids is 1. The minimum atomic E-state index is -0.135. The summed E-state index contributed by atoms with van der Waals surface area (Å²) in [6.07, 6.45) is 3.80. The molecule has 34 heavy (non-hydrogen) atoms. The van der Waals surface area contributed by atoms with E-state index < -0.39 is 0 Å². The first-order valence-corrected chi connectivity index (χ1v) is 11.6. The lowest BCUT2D eigenvalue weighted by Crippen LogP contribution is -2.14. The number of para-hydroxylation sites is 1. The largest absolute Gasteiger partial charge is 0.489 e. The van der Waals surface area contributed by atoms with Gasteiger partial charge in [-0.15, -0.1) is 0 Å². The first kappa shape index (κ1) is 21.0. The number of hydrogen-bond donors (Lipinski definition) is 0. The smallest absolute Gasteiger partial charge is 0.231 e. The Labute approximate surface area is 204 Å². The second-order valence-corrected chi connectivity index (χ2v) is 9.18. The van der Waals surface area contributed by atoms with Crippen LogP contribution in [0.1, 0.15) is 27.0 Å². The molecule has 2 aliphatic rings. The molecule has 170 valence electrons. The second kappa shape index (κ2) is 8.34. The Balaban J connectivity index is 1.24. The van der Waals surface area contributed by atoms with Crippen LogP contribution in [0.2, 0.25) is 0 Å².